The number of rotatable bonds is 1. The highest BCUT2D eigenvalue weighted by atomic mass is 16.6. The van der Waals surface area contributed by atoms with E-state index in [0.717, 1.165) is 6.42 Å². The highest BCUT2D eigenvalue weighted by Crippen LogP contribution is 2.42. The Kier molecular flexibility index (Phi) is 2.72. The minimum absolute atomic E-state index is 0.349. The van der Waals surface area contributed by atoms with Gasteiger partial charge in [-0.1, -0.05) is 0 Å². The molecule has 0 radical (unpaired) electrons. The van der Waals surface area contributed by atoms with Gasteiger partial charge in [0.05, 0.1) is 5.54 Å². The van der Waals surface area contributed by atoms with E-state index in [1.165, 1.54) is 0 Å². The second-order valence-corrected chi connectivity index (χ2v) is 6.31. The molecule has 0 aromatic rings. The van der Waals surface area contributed by atoms with Gasteiger partial charge in [-0.05, 0) is 40.0 Å². The summed E-state index contributed by atoms with van der Waals surface area (Å²) in [6.07, 6.45) is 1.81. The van der Waals surface area contributed by atoms with Crippen molar-refractivity contribution < 1.29 is 14.3 Å². The van der Waals surface area contributed by atoms with Crippen LogP contribution in [0.15, 0.2) is 0 Å². The Bertz CT molecular complexity index is 404. The molecular formula is C12H21N3O3. The molecule has 3 atom stereocenters. The number of carbonyl (C=O) groups excluding carboxylic acids is 2. The summed E-state index contributed by atoms with van der Waals surface area (Å²) in [6.45, 7) is 5.32. The van der Waals surface area contributed by atoms with Crippen molar-refractivity contribution in [3.05, 3.63) is 0 Å². The Balaban J connectivity index is 2.26. The van der Waals surface area contributed by atoms with E-state index >= 15 is 0 Å². The van der Waals surface area contributed by atoms with E-state index in [1.807, 2.05) is 0 Å². The average molecular weight is 255 g/mol. The summed E-state index contributed by atoms with van der Waals surface area (Å²) in [6, 6.07) is -0.850. The van der Waals surface area contributed by atoms with Crippen LogP contribution in [0, 0.1) is 0 Å². The van der Waals surface area contributed by atoms with E-state index in [9.17, 15) is 9.59 Å². The molecule has 1 saturated carbocycles. The largest absolute Gasteiger partial charge is 0.458 e. The lowest BCUT2D eigenvalue weighted by atomic mass is 9.79. The first kappa shape index (κ1) is 13.3. The van der Waals surface area contributed by atoms with Crippen molar-refractivity contribution in [2.75, 3.05) is 0 Å². The van der Waals surface area contributed by atoms with Gasteiger partial charge in [0, 0.05) is 0 Å². The molecule has 0 aromatic carbocycles. The molecule has 1 heterocycles. The maximum absolute atomic E-state index is 12.1. The third-order valence-corrected chi connectivity index (χ3v) is 3.83. The highest BCUT2D eigenvalue weighted by molar-refractivity contribution is 5.98. The second kappa shape index (κ2) is 3.68. The van der Waals surface area contributed by atoms with Crippen LogP contribution in [0.2, 0.25) is 0 Å². The number of nitrogens with one attached hydrogen (secondary N) is 1. The number of ether oxygens (including phenoxy) is 1. The first-order valence-corrected chi connectivity index (χ1v) is 6.22. The number of carbonyl (C=O) groups is 2. The first-order valence-electron chi connectivity index (χ1n) is 6.22. The quantitative estimate of drug-likeness (QED) is 0.543. The van der Waals surface area contributed by atoms with Crippen molar-refractivity contribution in [2.45, 2.75) is 62.8 Å². The van der Waals surface area contributed by atoms with Gasteiger partial charge in [0.1, 0.15) is 17.2 Å². The molecule has 5 N–H and O–H groups in total. The fourth-order valence-electron chi connectivity index (χ4n) is 2.86. The van der Waals surface area contributed by atoms with Gasteiger partial charge in [-0.3, -0.25) is 4.79 Å². The van der Waals surface area contributed by atoms with E-state index in [-0.39, 0.29) is 5.91 Å². The normalized spacial score (nSPS) is 39.4. The molecule has 1 saturated heterocycles. The number of amides is 1. The highest BCUT2D eigenvalue weighted by Gasteiger charge is 2.66. The van der Waals surface area contributed by atoms with Gasteiger partial charge in [0.25, 0.3) is 0 Å². The zero-order valence-corrected chi connectivity index (χ0v) is 11.1. The Morgan fingerprint density at radius 2 is 2.00 bits per heavy atom. The van der Waals surface area contributed by atoms with Crippen molar-refractivity contribution in [1.29, 1.82) is 0 Å². The number of hydrogen-bond donors (Lipinski definition) is 3. The maximum atomic E-state index is 12.1. The van der Waals surface area contributed by atoms with Crippen LogP contribution in [-0.2, 0) is 14.3 Å². The number of nitrogens with two attached hydrogens (primary N) is 2. The fourth-order valence-corrected chi connectivity index (χ4v) is 2.86. The molecule has 1 aliphatic heterocycles. The van der Waals surface area contributed by atoms with Crippen molar-refractivity contribution >= 4 is 11.9 Å². The monoisotopic (exact) mass is 255 g/mol. The van der Waals surface area contributed by atoms with Crippen LogP contribution in [0.4, 0.5) is 0 Å². The Hall–Kier alpha value is -1.14. The van der Waals surface area contributed by atoms with E-state index in [4.69, 9.17) is 16.2 Å². The SMILES string of the molecule is CC(C)(C)OC(=O)C1NC(=O)[C@]2(N)CCC[C@]12N. The van der Waals surface area contributed by atoms with Gasteiger partial charge >= 0.3 is 5.97 Å². The summed E-state index contributed by atoms with van der Waals surface area (Å²) >= 11 is 0. The predicted molar refractivity (Wildman–Crippen MR) is 65.5 cm³/mol. The Morgan fingerprint density at radius 3 is 2.56 bits per heavy atom. The van der Waals surface area contributed by atoms with Crippen LogP contribution < -0.4 is 16.8 Å². The summed E-state index contributed by atoms with van der Waals surface area (Å²) < 4.78 is 5.30. The summed E-state index contributed by atoms with van der Waals surface area (Å²) in [5.41, 5.74) is 9.54. The molecule has 0 aromatic heterocycles. The van der Waals surface area contributed by atoms with Crippen LogP contribution in [0.3, 0.4) is 0 Å². The van der Waals surface area contributed by atoms with Gasteiger partial charge in [-0.25, -0.2) is 4.79 Å². The van der Waals surface area contributed by atoms with Gasteiger partial charge < -0.3 is 21.5 Å². The number of hydrogen-bond acceptors (Lipinski definition) is 5. The van der Waals surface area contributed by atoms with Crippen LogP contribution >= 0.6 is 0 Å². The van der Waals surface area contributed by atoms with Crippen LogP contribution in [0.25, 0.3) is 0 Å². The molecule has 2 fully saturated rings. The lowest BCUT2D eigenvalue weighted by Gasteiger charge is -2.34. The number of fused-ring (bicyclic) bond motifs is 1. The molecule has 1 aliphatic carbocycles. The maximum Gasteiger partial charge on any atom is 0.331 e. The van der Waals surface area contributed by atoms with Gasteiger partial charge in [0.15, 0.2) is 0 Å². The van der Waals surface area contributed by atoms with Gasteiger partial charge in [-0.2, -0.15) is 0 Å². The molecule has 2 rings (SSSR count). The number of esters is 1. The van der Waals surface area contributed by atoms with Gasteiger partial charge in [0.2, 0.25) is 5.91 Å². The minimum Gasteiger partial charge on any atom is -0.458 e. The molecule has 0 bridgehead atoms. The summed E-state index contributed by atoms with van der Waals surface area (Å²) in [5, 5.41) is 2.60. The predicted octanol–water partition coefficient (Wildman–Crippen LogP) is -0.595. The van der Waals surface area contributed by atoms with E-state index in [2.05, 4.69) is 5.32 Å². The third-order valence-electron chi connectivity index (χ3n) is 3.83. The zero-order valence-electron chi connectivity index (χ0n) is 11.1. The van der Waals surface area contributed by atoms with E-state index in [0.29, 0.717) is 12.8 Å². The zero-order chi connectivity index (χ0) is 13.8. The molecule has 0 spiro atoms. The Morgan fingerprint density at radius 1 is 1.39 bits per heavy atom. The van der Waals surface area contributed by atoms with Crippen LogP contribution in [-0.4, -0.2) is 34.6 Å². The fraction of sp³-hybridized carbons (Fsp3) is 0.833. The molecular weight excluding hydrogens is 234 g/mol. The van der Waals surface area contributed by atoms with Gasteiger partial charge in [-0.15, -0.1) is 0 Å². The molecule has 2 aliphatic rings. The topological polar surface area (TPSA) is 107 Å². The molecule has 18 heavy (non-hydrogen) atoms. The standard InChI is InChI=1S/C12H21N3O3/c1-10(2,3)18-8(16)7-11(13)5-4-6-12(11,14)9(17)15-7/h7H,4-6,13-14H2,1-3H3,(H,15,17)/t7?,11-,12+/m0/s1. The third kappa shape index (κ3) is 1.71. The van der Waals surface area contributed by atoms with Crippen molar-refractivity contribution in [3.8, 4) is 0 Å². The first-order chi connectivity index (χ1) is 8.10. The van der Waals surface area contributed by atoms with Crippen molar-refractivity contribution in [3.63, 3.8) is 0 Å². The van der Waals surface area contributed by atoms with Crippen molar-refractivity contribution in [2.24, 2.45) is 11.5 Å². The van der Waals surface area contributed by atoms with E-state index < -0.39 is 28.7 Å². The van der Waals surface area contributed by atoms with Crippen LogP contribution in [0.5, 0.6) is 0 Å². The minimum atomic E-state index is -1.14. The van der Waals surface area contributed by atoms with Crippen LogP contribution in [0.1, 0.15) is 40.0 Å². The molecule has 1 unspecified atom stereocenters. The lowest BCUT2D eigenvalue weighted by molar-refractivity contribution is -0.159. The molecule has 6 heteroatoms. The average Bonchev–Trinajstić information content (AvgIpc) is 2.58. The summed E-state index contributed by atoms with van der Waals surface area (Å²) in [5.74, 6) is -0.856. The van der Waals surface area contributed by atoms with E-state index in [1.54, 1.807) is 20.8 Å². The summed E-state index contributed by atoms with van der Waals surface area (Å²) in [7, 11) is 0. The molecule has 1 amide bonds. The Labute approximate surface area is 106 Å². The smallest absolute Gasteiger partial charge is 0.331 e. The van der Waals surface area contributed by atoms with Crippen molar-refractivity contribution in [1.82, 2.24) is 5.32 Å². The molecule has 102 valence electrons. The second-order valence-electron chi connectivity index (χ2n) is 6.31. The molecule has 6 nitrogen and oxygen atoms in total. The lowest BCUT2D eigenvalue weighted by Crippen LogP contribution is -2.67. The summed E-state index contributed by atoms with van der Waals surface area (Å²) in [4.78, 5) is 24.1.